The maximum atomic E-state index is 4.90. The Hall–Kier alpha value is -2.22. The number of rotatable bonds is 2. The molecular formula is C25H32N2. The molecule has 3 rings (SSSR count). The third-order valence-electron chi connectivity index (χ3n) is 5.82. The lowest BCUT2D eigenvalue weighted by Gasteiger charge is -2.26. The van der Waals surface area contributed by atoms with Gasteiger partial charge >= 0.3 is 0 Å². The monoisotopic (exact) mass is 360 g/mol. The zero-order chi connectivity index (χ0) is 19.6. The number of aliphatic imine (C=N–C) groups is 2. The van der Waals surface area contributed by atoms with E-state index in [2.05, 4.69) is 77.9 Å². The number of fused-ring (bicyclic) bond motifs is 2. The van der Waals surface area contributed by atoms with Crippen LogP contribution in [0.5, 0.6) is 0 Å². The van der Waals surface area contributed by atoms with Gasteiger partial charge in [-0.2, -0.15) is 0 Å². The second-order valence-electron chi connectivity index (χ2n) is 8.32. The van der Waals surface area contributed by atoms with Crippen molar-refractivity contribution < 1.29 is 0 Å². The van der Waals surface area contributed by atoms with Crippen LogP contribution in [-0.2, 0) is 0 Å². The number of hydrogen-bond donors (Lipinski definition) is 0. The van der Waals surface area contributed by atoms with Gasteiger partial charge in [0.2, 0.25) is 0 Å². The maximum absolute atomic E-state index is 4.90. The van der Waals surface area contributed by atoms with E-state index >= 15 is 0 Å². The van der Waals surface area contributed by atoms with Gasteiger partial charge in [-0.1, -0.05) is 77.9 Å². The van der Waals surface area contributed by atoms with E-state index in [1.807, 2.05) is 12.4 Å². The van der Waals surface area contributed by atoms with Crippen molar-refractivity contribution in [3.63, 3.8) is 0 Å². The second kappa shape index (κ2) is 8.21. The molecule has 2 unspecified atom stereocenters. The highest BCUT2D eigenvalue weighted by molar-refractivity contribution is 5.84. The first-order valence-electron chi connectivity index (χ1n) is 10.2. The van der Waals surface area contributed by atoms with Crippen molar-refractivity contribution in [3.8, 4) is 0 Å². The molecule has 0 radical (unpaired) electrons. The third-order valence-corrected chi connectivity index (χ3v) is 5.82. The van der Waals surface area contributed by atoms with Gasteiger partial charge in [-0.3, -0.25) is 9.98 Å². The Bertz CT molecular complexity index is 787. The van der Waals surface area contributed by atoms with E-state index in [9.17, 15) is 0 Å². The normalized spacial score (nSPS) is 22.1. The van der Waals surface area contributed by atoms with Gasteiger partial charge in [-0.05, 0) is 45.9 Å². The van der Waals surface area contributed by atoms with Gasteiger partial charge < -0.3 is 0 Å². The van der Waals surface area contributed by atoms with E-state index in [4.69, 9.17) is 9.98 Å². The van der Waals surface area contributed by atoms with Crippen molar-refractivity contribution in [2.24, 2.45) is 9.98 Å². The minimum absolute atomic E-state index is 0.366. The van der Waals surface area contributed by atoms with Gasteiger partial charge in [0.1, 0.15) is 0 Å². The summed E-state index contributed by atoms with van der Waals surface area (Å²) in [7, 11) is 0. The van der Waals surface area contributed by atoms with Crippen LogP contribution in [0, 0.1) is 0 Å². The molecule has 0 spiro atoms. The minimum Gasteiger partial charge on any atom is -0.260 e. The first kappa shape index (κ1) is 19.5. The number of benzene rings is 2. The van der Waals surface area contributed by atoms with Gasteiger partial charge in [0.15, 0.2) is 0 Å². The fraction of sp³-hybridized carbons (Fsp3) is 0.440. The predicted molar refractivity (Wildman–Crippen MR) is 119 cm³/mol. The standard InChI is InChI=1S/C25H32N2/c1-16(2)20-10-7-12-22-18(5)19(6)23-13-8-11-21(17(3)4)25(23)27-15-9-14-26-24(20)22/h7-8,10-19H,9H2,1-6H3/b26-14+,27-15+. The average Bonchev–Trinajstić information content (AvgIpc) is 2.67. The lowest BCUT2D eigenvalue weighted by molar-refractivity contribution is 0.622. The quantitative estimate of drug-likeness (QED) is 0.525. The summed E-state index contributed by atoms with van der Waals surface area (Å²) in [6.07, 6.45) is 4.77. The third kappa shape index (κ3) is 3.90. The first-order chi connectivity index (χ1) is 12.9. The number of hydrogen-bond acceptors (Lipinski definition) is 2. The summed E-state index contributed by atoms with van der Waals surface area (Å²) < 4.78 is 0. The molecule has 1 aliphatic heterocycles. The zero-order valence-electron chi connectivity index (χ0n) is 17.5. The van der Waals surface area contributed by atoms with Gasteiger partial charge in [0, 0.05) is 18.9 Å². The molecule has 0 saturated carbocycles. The summed E-state index contributed by atoms with van der Waals surface area (Å²) in [4.78, 5) is 9.80. The molecule has 2 aromatic rings. The molecule has 0 N–H and O–H groups in total. The summed E-state index contributed by atoms with van der Waals surface area (Å²) in [5.41, 5.74) is 7.65. The highest BCUT2D eigenvalue weighted by Crippen LogP contribution is 2.44. The number of nitrogens with zero attached hydrogens (tertiary/aromatic N) is 2. The van der Waals surface area contributed by atoms with Crippen LogP contribution in [0.1, 0.15) is 93.9 Å². The Morgan fingerprint density at radius 1 is 0.704 bits per heavy atom. The topological polar surface area (TPSA) is 24.7 Å². The van der Waals surface area contributed by atoms with E-state index < -0.39 is 0 Å². The summed E-state index contributed by atoms with van der Waals surface area (Å²) in [6, 6.07) is 13.3. The van der Waals surface area contributed by atoms with E-state index in [0.29, 0.717) is 23.7 Å². The largest absolute Gasteiger partial charge is 0.260 e. The summed E-state index contributed by atoms with van der Waals surface area (Å²) >= 11 is 0. The summed E-state index contributed by atoms with van der Waals surface area (Å²) in [6.45, 7) is 13.6. The van der Waals surface area contributed by atoms with Crippen molar-refractivity contribution in [2.45, 2.75) is 71.6 Å². The maximum Gasteiger partial charge on any atom is 0.0695 e. The van der Waals surface area contributed by atoms with E-state index in [-0.39, 0.29) is 0 Å². The Morgan fingerprint density at radius 3 is 1.48 bits per heavy atom. The molecule has 2 atom stereocenters. The SMILES string of the molecule is CC(C)c1cccc2c1/N=C/C/C=N/c1c(C(C)C)cccc1C(C)C2C. The summed E-state index contributed by atoms with van der Waals surface area (Å²) in [5, 5.41) is 0. The molecule has 0 fully saturated rings. The predicted octanol–water partition coefficient (Wildman–Crippen LogP) is 7.65. The molecule has 0 aliphatic carbocycles. The molecule has 0 bridgehead atoms. The minimum atomic E-state index is 0.366. The van der Waals surface area contributed by atoms with Gasteiger partial charge in [-0.25, -0.2) is 0 Å². The van der Waals surface area contributed by atoms with E-state index in [0.717, 1.165) is 17.8 Å². The van der Waals surface area contributed by atoms with E-state index in [1.54, 1.807) is 0 Å². The molecule has 0 saturated heterocycles. The fourth-order valence-electron chi connectivity index (χ4n) is 4.00. The molecule has 2 nitrogen and oxygen atoms in total. The molecule has 1 heterocycles. The lowest BCUT2D eigenvalue weighted by atomic mass is 9.80. The van der Waals surface area contributed by atoms with Crippen LogP contribution < -0.4 is 0 Å². The molecule has 27 heavy (non-hydrogen) atoms. The van der Waals surface area contributed by atoms with Crippen molar-refractivity contribution in [3.05, 3.63) is 58.7 Å². The highest BCUT2D eigenvalue weighted by Gasteiger charge is 2.24. The van der Waals surface area contributed by atoms with Crippen LogP contribution in [0.3, 0.4) is 0 Å². The van der Waals surface area contributed by atoms with Gasteiger partial charge in [0.05, 0.1) is 11.4 Å². The first-order valence-corrected chi connectivity index (χ1v) is 10.2. The zero-order valence-corrected chi connectivity index (χ0v) is 17.5. The van der Waals surface area contributed by atoms with Crippen LogP contribution >= 0.6 is 0 Å². The molecule has 1 aliphatic rings. The van der Waals surface area contributed by atoms with Crippen molar-refractivity contribution in [1.82, 2.24) is 0 Å². The molecule has 2 heteroatoms. The van der Waals surface area contributed by atoms with Crippen LogP contribution in [-0.4, -0.2) is 12.4 Å². The molecule has 0 aromatic heterocycles. The molecular weight excluding hydrogens is 328 g/mol. The van der Waals surface area contributed by atoms with Gasteiger partial charge in [0.25, 0.3) is 0 Å². The fourth-order valence-corrected chi connectivity index (χ4v) is 4.00. The Morgan fingerprint density at radius 2 is 1.11 bits per heavy atom. The molecule has 0 amide bonds. The highest BCUT2D eigenvalue weighted by atomic mass is 14.8. The van der Waals surface area contributed by atoms with Crippen molar-refractivity contribution in [1.29, 1.82) is 0 Å². The molecule has 2 aromatic carbocycles. The summed E-state index contributed by atoms with van der Waals surface area (Å²) in [5.74, 6) is 1.65. The Labute approximate surface area is 164 Å². The Balaban J connectivity index is 2.20. The Kier molecular flexibility index (Phi) is 5.94. The van der Waals surface area contributed by atoms with E-state index in [1.165, 1.54) is 22.3 Å². The van der Waals surface area contributed by atoms with Crippen LogP contribution in [0.4, 0.5) is 11.4 Å². The average molecular weight is 361 g/mol. The smallest absolute Gasteiger partial charge is 0.0695 e. The van der Waals surface area contributed by atoms with Crippen molar-refractivity contribution in [2.75, 3.05) is 0 Å². The van der Waals surface area contributed by atoms with Crippen LogP contribution in [0.15, 0.2) is 46.4 Å². The lowest BCUT2D eigenvalue weighted by Crippen LogP contribution is -2.08. The van der Waals surface area contributed by atoms with Crippen LogP contribution in [0.25, 0.3) is 0 Å². The second-order valence-corrected chi connectivity index (χ2v) is 8.32. The van der Waals surface area contributed by atoms with Crippen LogP contribution in [0.2, 0.25) is 0 Å². The van der Waals surface area contributed by atoms with Crippen molar-refractivity contribution >= 4 is 23.8 Å². The molecule has 142 valence electrons. The van der Waals surface area contributed by atoms with Gasteiger partial charge in [-0.15, -0.1) is 0 Å². The number of para-hydroxylation sites is 2.